The zero-order chi connectivity index (χ0) is 21.8. The molecule has 0 bridgehead atoms. The summed E-state index contributed by atoms with van der Waals surface area (Å²) in [6.07, 6.45) is 6.03. The molecule has 0 saturated heterocycles. The number of carbonyl (C=O) groups is 1. The summed E-state index contributed by atoms with van der Waals surface area (Å²) in [5.41, 5.74) is 3.57. The van der Waals surface area contributed by atoms with Gasteiger partial charge in [-0.05, 0) is 67.1 Å². The number of benzene rings is 2. The van der Waals surface area contributed by atoms with Crippen molar-refractivity contribution in [1.29, 1.82) is 0 Å². The Kier molecular flexibility index (Phi) is 6.31. The van der Waals surface area contributed by atoms with Crippen LogP contribution in [0.5, 0.6) is 0 Å². The second-order valence-electron chi connectivity index (χ2n) is 8.16. The van der Waals surface area contributed by atoms with Gasteiger partial charge in [-0.1, -0.05) is 43.2 Å². The van der Waals surface area contributed by atoms with Crippen molar-refractivity contribution in [2.45, 2.75) is 45.1 Å². The van der Waals surface area contributed by atoms with Crippen LogP contribution in [0.25, 0.3) is 0 Å². The lowest BCUT2D eigenvalue weighted by Crippen LogP contribution is -2.36. The van der Waals surface area contributed by atoms with Crippen LogP contribution in [0, 0.1) is 5.82 Å². The third-order valence-corrected chi connectivity index (χ3v) is 6.03. The van der Waals surface area contributed by atoms with Crippen molar-refractivity contribution in [3.8, 4) is 0 Å². The highest BCUT2D eigenvalue weighted by atomic mass is 19.1. The van der Waals surface area contributed by atoms with Crippen molar-refractivity contribution < 1.29 is 9.18 Å². The number of amides is 1. The van der Waals surface area contributed by atoms with Crippen LogP contribution in [-0.2, 0) is 19.4 Å². The Hall–Kier alpha value is -3.21. The van der Waals surface area contributed by atoms with Crippen molar-refractivity contribution >= 4 is 11.6 Å². The summed E-state index contributed by atoms with van der Waals surface area (Å²) in [5.74, 6) is -0.617. The third-order valence-electron chi connectivity index (χ3n) is 6.03. The molecule has 0 unspecified atom stereocenters. The minimum absolute atomic E-state index is 0.188. The van der Waals surface area contributed by atoms with E-state index in [1.807, 2.05) is 36.4 Å². The molecule has 3 aromatic rings. The average Bonchev–Trinajstić information content (AvgIpc) is 2.77. The smallest absolute Gasteiger partial charge is 0.263 e. The number of rotatable bonds is 4. The summed E-state index contributed by atoms with van der Waals surface area (Å²) in [7, 11) is 1.69. The van der Waals surface area contributed by atoms with Crippen molar-refractivity contribution in [2.24, 2.45) is 0 Å². The molecule has 0 atom stereocenters. The maximum absolute atomic E-state index is 13.5. The number of hydrogen-bond acceptors (Lipinski definition) is 2. The Morgan fingerprint density at radius 1 is 0.968 bits per heavy atom. The lowest BCUT2D eigenvalue weighted by atomic mass is 9.95. The third kappa shape index (κ3) is 4.61. The first-order valence-electron chi connectivity index (χ1n) is 10.9. The van der Waals surface area contributed by atoms with Gasteiger partial charge in [0, 0.05) is 18.4 Å². The van der Waals surface area contributed by atoms with E-state index in [0.717, 1.165) is 61.0 Å². The summed E-state index contributed by atoms with van der Waals surface area (Å²) < 4.78 is 15.1. The van der Waals surface area contributed by atoms with E-state index in [0.29, 0.717) is 6.54 Å². The Labute approximate surface area is 182 Å². The van der Waals surface area contributed by atoms with Gasteiger partial charge in [-0.3, -0.25) is 9.59 Å². The molecule has 1 amide bonds. The molecule has 0 aliphatic heterocycles. The van der Waals surface area contributed by atoms with Crippen molar-refractivity contribution in [3.05, 3.63) is 99.2 Å². The highest BCUT2D eigenvalue weighted by molar-refractivity contribution is 6.05. The number of nitrogens with zero attached hydrogens (tertiary/aromatic N) is 2. The summed E-state index contributed by atoms with van der Waals surface area (Å²) in [6.45, 7) is 0.331. The quantitative estimate of drug-likeness (QED) is 0.600. The lowest BCUT2D eigenvalue weighted by molar-refractivity contribution is 0.0991. The number of hydrogen-bond donors (Lipinski definition) is 0. The minimum Gasteiger partial charge on any atom is -0.311 e. The largest absolute Gasteiger partial charge is 0.311 e. The molecule has 31 heavy (non-hydrogen) atoms. The SMILES string of the molecule is CN(C(=O)c1cc2c(n(Cc3ccc(F)cc3)c1=O)CCCCCC2)c1ccccc1. The highest BCUT2D eigenvalue weighted by Crippen LogP contribution is 2.22. The van der Waals surface area contributed by atoms with Gasteiger partial charge in [0.25, 0.3) is 11.5 Å². The number of anilines is 1. The molecular weight excluding hydrogens is 391 g/mol. The molecule has 1 aliphatic carbocycles. The zero-order valence-corrected chi connectivity index (χ0v) is 17.8. The Balaban J connectivity index is 1.80. The molecule has 5 heteroatoms. The van der Waals surface area contributed by atoms with Gasteiger partial charge in [0.1, 0.15) is 11.4 Å². The van der Waals surface area contributed by atoms with Crippen molar-refractivity contribution in [2.75, 3.05) is 11.9 Å². The maximum Gasteiger partial charge on any atom is 0.263 e. The number of fused-ring (bicyclic) bond motifs is 1. The fraction of sp³-hybridized carbons (Fsp3) is 0.308. The standard InChI is InChI=1S/C26H27FN2O2/c1-28(22-10-6-4-7-11-22)25(30)23-17-20-9-5-2-3-8-12-24(20)29(26(23)31)18-19-13-15-21(27)16-14-19/h4,6-7,10-11,13-17H,2-3,5,8-9,12,18H2,1H3. The second kappa shape index (κ2) is 9.29. The van der Waals surface area contributed by atoms with Crippen molar-refractivity contribution in [3.63, 3.8) is 0 Å². The van der Waals surface area contributed by atoms with Gasteiger partial charge in [0.15, 0.2) is 0 Å². The molecule has 0 saturated carbocycles. The highest BCUT2D eigenvalue weighted by Gasteiger charge is 2.23. The van der Waals surface area contributed by atoms with E-state index < -0.39 is 0 Å². The molecule has 0 spiro atoms. The summed E-state index contributed by atoms with van der Waals surface area (Å²) >= 11 is 0. The molecule has 0 fully saturated rings. The molecule has 0 N–H and O–H groups in total. The Bertz CT molecular complexity index is 1120. The molecule has 4 rings (SSSR count). The van der Waals surface area contributed by atoms with Crippen LogP contribution in [0.1, 0.15) is 52.9 Å². The molecule has 1 aliphatic rings. The fourth-order valence-electron chi connectivity index (χ4n) is 4.28. The van der Waals surface area contributed by atoms with E-state index in [9.17, 15) is 14.0 Å². The number of aryl methyl sites for hydroxylation is 1. The van der Waals surface area contributed by atoms with E-state index in [4.69, 9.17) is 0 Å². The number of para-hydroxylation sites is 1. The van der Waals surface area contributed by atoms with Crippen molar-refractivity contribution in [1.82, 2.24) is 4.57 Å². The van der Waals surface area contributed by atoms with Gasteiger partial charge in [0.05, 0.1) is 6.54 Å². The monoisotopic (exact) mass is 418 g/mol. The van der Waals surface area contributed by atoms with Crippen LogP contribution < -0.4 is 10.5 Å². The van der Waals surface area contributed by atoms with Crippen LogP contribution in [0.15, 0.2) is 65.5 Å². The van der Waals surface area contributed by atoms with Crippen LogP contribution in [0.4, 0.5) is 10.1 Å². The van der Waals surface area contributed by atoms with Gasteiger partial charge >= 0.3 is 0 Å². The first kappa shape index (κ1) is 21.0. The van der Waals surface area contributed by atoms with Crippen LogP contribution in [0.3, 0.4) is 0 Å². The van der Waals surface area contributed by atoms with E-state index >= 15 is 0 Å². The molecule has 4 nitrogen and oxygen atoms in total. The Morgan fingerprint density at radius 2 is 1.65 bits per heavy atom. The first-order chi connectivity index (χ1) is 15.0. The summed E-state index contributed by atoms with van der Waals surface area (Å²) in [6, 6.07) is 17.3. The summed E-state index contributed by atoms with van der Waals surface area (Å²) in [5, 5.41) is 0. The topological polar surface area (TPSA) is 42.3 Å². The van der Waals surface area contributed by atoms with Crippen LogP contribution in [-0.4, -0.2) is 17.5 Å². The molecule has 1 aromatic heterocycles. The molecular formula is C26H27FN2O2. The van der Waals surface area contributed by atoms with E-state index in [1.54, 1.807) is 23.7 Å². The molecule has 2 aromatic carbocycles. The van der Waals surface area contributed by atoms with E-state index in [2.05, 4.69) is 0 Å². The number of halogens is 1. The predicted octanol–water partition coefficient (Wildman–Crippen LogP) is 4.97. The lowest BCUT2D eigenvalue weighted by Gasteiger charge is -2.23. The van der Waals surface area contributed by atoms with Crippen LogP contribution in [0.2, 0.25) is 0 Å². The second-order valence-corrected chi connectivity index (χ2v) is 8.16. The average molecular weight is 419 g/mol. The van der Waals surface area contributed by atoms with Gasteiger partial charge in [0.2, 0.25) is 0 Å². The van der Waals surface area contributed by atoms with Gasteiger partial charge < -0.3 is 9.47 Å². The first-order valence-corrected chi connectivity index (χ1v) is 10.9. The molecule has 0 radical (unpaired) electrons. The minimum atomic E-state index is -0.311. The van der Waals surface area contributed by atoms with Gasteiger partial charge in [-0.15, -0.1) is 0 Å². The van der Waals surface area contributed by atoms with E-state index in [-0.39, 0.29) is 22.8 Å². The van der Waals surface area contributed by atoms with Gasteiger partial charge in [-0.2, -0.15) is 0 Å². The number of carbonyl (C=O) groups excluding carboxylic acids is 1. The normalized spacial score (nSPS) is 13.7. The molecule has 160 valence electrons. The predicted molar refractivity (Wildman–Crippen MR) is 121 cm³/mol. The number of aromatic nitrogens is 1. The number of pyridine rings is 1. The van der Waals surface area contributed by atoms with E-state index in [1.165, 1.54) is 17.0 Å². The summed E-state index contributed by atoms with van der Waals surface area (Å²) in [4.78, 5) is 28.4. The molecule has 1 heterocycles. The maximum atomic E-state index is 13.5. The Morgan fingerprint density at radius 3 is 2.35 bits per heavy atom. The van der Waals surface area contributed by atoms with Gasteiger partial charge in [-0.25, -0.2) is 4.39 Å². The zero-order valence-electron chi connectivity index (χ0n) is 17.8. The fourth-order valence-corrected chi connectivity index (χ4v) is 4.28. The van der Waals surface area contributed by atoms with Crippen LogP contribution >= 0.6 is 0 Å².